The van der Waals surface area contributed by atoms with E-state index in [9.17, 15) is 8.42 Å². The van der Waals surface area contributed by atoms with E-state index in [1.165, 1.54) is 0 Å². The summed E-state index contributed by atoms with van der Waals surface area (Å²) in [7, 11) is -5.16. The minimum atomic E-state index is -3.57. The molecule has 0 amide bonds. The van der Waals surface area contributed by atoms with E-state index in [4.69, 9.17) is 0 Å². The van der Waals surface area contributed by atoms with Crippen LogP contribution in [0.25, 0.3) is 0 Å². The second kappa shape index (κ2) is 7.48. The zero-order valence-electron chi connectivity index (χ0n) is 16.4. The first-order valence-electron chi connectivity index (χ1n) is 8.90. The average molecular weight is 416 g/mol. The minimum Gasteiger partial charge on any atom is -0.207 e. The molecule has 0 saturated carbocycles. The summed E-state index contributed by atoms with van der Waals surface area (Å²) in [6, 6.07) is 14.6. The van der Waals surface area contributed by atoms with Crippen molar-refractivity contribution < 1.29 is 8.42 Å². The first-order valence-corrected chi connectivity index (χ1v) is 15.1. The maximum Gasteiger partial charge on any atom is 0.244 e. The molecule has 142 valence electrons. The molecule has 1 heterocycles. The van der Waals surface area contributed by atoms with E-state index < -0.39 is 18.1 Å². The van der Waals surface area contributed by atoms with E-state index >= 15 is 0 Å². The van der Waals surface area contributed by atoms with Gasteiger partial charge in [-0.15, -0.1) is 17.3 Å². The summed E-state index contributed by atoms with van der Waals surface area (Å²) in [5.41, 5.74) is 5.39. The van der Waals surface area contributed by atoms with Crippen LogP contribution in [0.15, 0.2) is 58.3 Å². The fraction of sp³-hybridized carbons (Fsp3) is 0.333. The Kier molecular flexibility index (Phi) is 5.60. The third-order valence-corrected chi connectivity index (χ3v) is 7.92. The van der Waals surface area contributed by atoms with Gasteiger partial charge in [-0.3, -0.25) is 0 Å². The highest BCUT2D eigenvalue weighted by atomic mass is 32.2. The van der Waals surface area contributed by atoms with Crippen LogP contribution in [0.4, 0.5) is 0 Å². The first kappa shape index (κ1) is 20.2. The zero-order chi connectivity index (χ0) is 19.8. The molecule has 3 nitrogen and oxygen atoms in total. The molecule has 1 fully saturated rings. The molecule has 0 radical (unpaired) electrons. The molecule has 1 saturated heterocycles. The summed E-state index contributed by atoms with van der Waals surface area (Å²) in [5.74, 6) is 3.26. The highest BCUT2D eigenvalue weighted by Crippen LogP contribution is 2.47. The average Bonchev–Trinajstić information content (AvgIpc) is 3.35. The highest BCUT2D eigenvalue weighted by molar-refractivity contribution is 7.98. The topological polar surface area (TPSA) is 37.1 Å². The van der Waals surface area contributed by atoms with Gasteiger partial charge < -0.3 is 0 Å². The van der Waals surface area contributed by atoms with Gasteiger partial charge in [0.2, 0.25) is 10.0 Å². The monoisotopic (exact) mass is 415 g/mol. The quantitative estimate of drug-likeness (QED) is 0.314. The fourth-order valence-corrected chi connectivity index (χ4v) is 5.57. The van der Waals surface area contributed by atoms with E-state index in [0.717, 1.165) is 16.0 Å². The van der Waals surface area contributed by atoms with Gasteiger partial charge in [-0.25, -0.2) is 8.42 Å². The number of nitrogens with zero attached hydrogens (tertiary/aromatic N) is 1. The summed E-state index contributed by atoms with van der Waals surface area (Å²) in [4.78, 5) is 1.49. The molecule has 0 spiro atoms. The Morgan fingerprint density at radius 2 is 1.59 bits per heavy atom. The normalized spacial score (nSPS) is 22.0. The van der Waals surface area contributed by atoms with Crippen LogP contribution in [0.2, 0.25) is 19.6 Å². The Morgan fingerprint density at radius 3 is 2.11 bits per heavy atom. The van der Waals surface area contributed by atoms with E-state index in [0.29, 0.717) is 4.90 Å². The second-order valence-electron chi connectivity index (χ2n) is 7.83. The van der Waals surface area contributed by atoms with Gasteiger partial charge in [0.1, 0.15) is 14.1 Å². The third-order valence-electron chi connectivity index (χ3n) is 4.41. The van der Waals surface area contributed by atoms with Crippen LogP contribution in [0, 0.1) is 18.4 Å². The number of sulfonamides is 1. The number of benzene rings is 2. The number of hydrogen-bond acceptors (Lipinski definition) is 3. The molecule has 1 unspecified atom stereocenters. The third kappa shape index (κ3) is 4.49. The molecule has 1 aliphatic rings. The zero-order valence-corrected chi connectivity index (χ0v) is 19.0. The highest BCUT2D eigenvalue weighted by Gasteiger charge is 2.55. The molecular weight excluding hydrogens is 390 g/mol. The molecule has 3 rings (SSSR count). The standard InChI is InChI=1S/C21H25NO2S2Si/c1-16-6-12-19(13-7-16)26(23,24)22-20(14-15-27(3,4)5)21(22)17-8-10-18(25-2)11-9-17/h6-13,20-21H,1-5H3/t20-,21+,22?/m1/s1. The molecule has 0 aromatic heterocycles. The van der Waals surface area contributed by atoms with Gasteiger partial charge in [-0.2, -0.15) is 4.31 Å². The maximum absolute atomic E-state index is 13.2. The van der Waals surface area contributed by atoms with Gasteiger partial charge in [0.25, 0.3) is 0 Å². The predicted molar refractivity (Wildman–Crippen MR) is 116 cm³/mol. The lowest BCUT2D eigenvalue weighted by atomic mass is 10.1. The van der Waals surface area contributed by atoms with Crippen LogP contribution in [-0.4, -0.2) is 33.1 Å². The molecule has 27 heavy (non-hydrogen) atoms. The summed E-state index contributed by atoms with van der Waals surface area (Å²) >= 11 is 1.67. The Morgan fingerprint density at radius 1 is 1.00 bits per heavy atom. The minimum absolute atomic E-state index is 0.212. The van der Waals surface area contributed by atoms with Crippen molar-refractivity contribution in [3.8, 4) is 11.5 Å². The Labute approximate surface area is 168 Å². The fourth-order valence-electron chi connectivity index (χ4n) is 2.91. The van der Waals surface area contributed by atoms with Crippen LogP contribution >= 0.6 is 11.8 Å². The van der Waals surface area contributed by atoms with Crippen molar-refractivity contribution in [3.63, 3.8) is 0 Å². The van der Waals surface area contributed by atoms with Crippen molar-refractivity contribution in [2.45, 2.75) is 48.4 Å². The number of hydrogen-bond donors (Lipinski definition) is 0. The first-order chi connectivity index (χ1) is 12.6. The molecule has 6 heteroatoms. The van der Waals surface area contributed by atoms with Gasteiger partial charge >= 0.3 is 0 Å². The Bertz CT molecular complexity index is 982. The summed E-state index contributed by atoms with van der Waals surface area (Å²) in [5, 5.41) is 0. The molecule has 2 aromatic rings. The largest absolute Gasteiger partial charge is 0.244 e. The lowest BCUT2D eigenvalue weighted by molar-refractivity contribution is 0.551. The van der Waals surface area contributed by atoms with E-state index in [1.807, 2.05) is 49.6 Å². The van der Waals surface area contributed by atoms with Crippen LogP contribution in [0.1, 0.15) is 17.2 Å². The van der Waals surface area contributed by atoms with Crippen LogP contribution in [0.3, 0.4) is 0 Å². The molecule has 3 atom stereocenters. The van der Waals surface area contributed by atoms with Gasteiger partial charge in [0, 0.05) is 4.90 Å². The number of rotatable bonds is 4. The summed E-state index contributed by atoms with van der Waals surface area (Å²) < 4.78 is 28.0. The van der Waals surface area contributed by atoms with E-state index in [-0.39, 0.29) is 12.1 Å². The molecular formula is C21H25NO2S2Si. The molecule has 1 aliphatic heterocycles. The van der Waals surface area contributed by atoms with Crippen LogP contribution in [0.5, 0.6) is 0 Å². The van der Waals surface area contributed by atoms with Gasteiger partial charge in [-0.05, 0) is 43.0 Å². The lowest BCUT2D eigenvalue weighted by Gasteiger charge is -2.07. The SMILES string of the molecule is CSc1ccc([C@H]2[C@@H](C#C[Si](C)(C)C)N2S(=O)(=O)c2ccc(C)cc2)cc1. The van der Waals surface area contributed by atoms with Crippen molar-refractivity contribution in [1.82, 2.24) is 4.31 Å². The van der Waals surface area contributed by atoms with Gasteiger partial charge in [0.05, 0.1) is 10.9 Å². The molecule has 0 bridgehead atoms. The Balaban J connectivity index is 1.98. The summed E-state index contributed by atoms with van der Waals surface area (Å²) in [6.45, 7) is 8.46. The van der Waals surface area contributed by atoms with Crippen LogP contribution < -0.4 is 0 Å². The van der Waals surface area contributed by atoms with Crippen molar-refractivity contribution in [1.29, 1.82) is 0 Å². The molecule has 0 N–H and O–H groups in total. The van der Waals surface area contributed by atoms with Gasteiger partial charge in [0.15, 0.2) is 0 Å². The van der Waals surface area contributed by atoms with Gasteiger partial charge in [-0.1, -0.05) is 55.4 Å². The van der Waals surface area contributed by atoms with Crippen molar-refractivity contribution >= 4 is 29.9 Å². The number of thioether (sulfide) groups is 1. The lowest BCUT2D eigenvalue weighted by Crippen LogP contribution is -2.18. The number of aryl methyl sites for hydroxylation is 1. The van der Waals surface area contributed by atoms with Crippen LogP contribution in [-0.2, 0) is 10.0 Å². The van der Waals surface area contributed by atoms with E-state index in [2.05, 4.69) is 31.1 Å². The van der Waals surface area contributed by atoms with Crippen molar-refractivity contribution in [3.05, 3.63) is 59.7 Å². The molecule has 2 aromatic carbocycles. The maximum atomic E-state index is 13.2. The summed E-state index contributed by atoms with van der Waals surface area (Å²) in [6.07, 6.45) is 2.03. The Hall–Kier alpha value is -1.52. The second-order valence-corrected chi connectivity index (χ2v) is 15.3. The van der Waals surface area contributed by atoms with Crippen molar-refractivity contribution in [2.75, 3.05) is 6.26 Å². The van der Waals surface area contributed by atoms with E-state index in [1.54, 1.807) is 28.2 Å². The molecule has 0 aliphatic carbocycles. The smallest absolute Gasteiger partial charge is 0.207 e. The predicted octanol–water partition coefficient (Wildman–Crippen LogP) is 4.71. The van der Waals surface area contributed by atoms with Crippen molar-refractivity contribution in [2.24, 2.45) is 0 Å².